The smallest absolute Gasteiger partial charge is 0.236 e. The van der Waals surface area contributed by atoms with Gasteiger partial charge in [0.25, 0.3) is 0 Å². The standard InChI is InChI=1S/C15H23N3O3/c1-16(2)11-15(21)18-7-5-17(6-8-18)10-12-3-4-13(19)14(20)9-12/h3-4,9,19-20H,5-8,10-11H2,1-2H3. The molecule has 1 heterocycles. The fourth-order valence-electron chi connectivity index (χ4n) is 2.45. The molecule has 116 valence electrons. The first-order chi connectivity index (χ1) is 9.95. The van der Waals surface area contributed by atoms with Crippen LogP contribution in [-0.2, 0) is 11.3 Å². The van der Waals surface area contributed by atoms with Gasteiger partial charge in [-0.25, -0.2) is 0 Å². The summed E-state index contributed by atoms with van der Waals surface area (Å²) in [4.78, 5) is 18.0. The Bertz CT molecular complexity index is 497. The molecule has 0 bridgehead atoms. The molecule has 21 heavy (non-hydrogen) atoms. The Kier molecular flexibility index (Phi) is 5.03. The highest BCUT2D eigenvalue weighted by Crippen LogP contribution is 2.25. The summed E-state index contributed by atoms with van der Waals surface area (Å²) in [6.45, 7) is 4.27. The maximum absolute atomic E-state index is 12.0. The number of carbonyl (C=O) groups excluding carboxylic acids is 1. The Morgan fingerprint density at radius 3 is 2.38 bits per heavy atom. The van der Waals surface area contributed by atoms with Gasteiger partial charge in [-0.2, -0.15) is 0 Å². The second-order valence-electron chi connectivity index (χ2n) is 5.72. The van der Waals surface area contributed by atoms with Crippen LogP contribution in [0.3, 0.4) is 0 Å². The Morgan fingerprint density at radius 1 is 1.14 bits per heavy atom. The summed E-state index contributed by atoms with van der Waals surface area (Å²) >= 11 is 0. The predicted molar refractivity (Wildman–Crippen MR) is 80.2 cm³/mol. The van der Waals surface area contributed by atoms with E-state index in [1.807, 2.05) is 23.9 Å². The maximum atomic E-state index is 12.0. The minimum atomic E-state index is -0.0992. The van der Waals surface area contributed by atoms with Gasteiger partial charge < -0.3 is 20.0 Å². The highest BCUT2D eigenvalue weighted by molar-refractivity contribution is 5.78. The van der Waals surface area contributed by atoms with Crippen LogP contribution in [-0.4, -0.2) is 77.6 Å². The van der Waals surface area contributed by atoms with Gasteiger partial charge in [-0.05, 0) is 31.8 Å². The molecule has 0 atom stereocenters. The van der Waals surface area contributed by atoms with Crippen LogP contribution in [0.2, 0.25) is 0 Å². The lowest BCUT2D eigenvalue weighted by atomic mass is 10.1. The summed E-state index contributed by atoms with van der Waals surface area (Å²) < 4.78 is 0. The molecule has 1 saturated heterocycles. The van der Waals surface area contributed by atoms with Gasteiger partial charge in [-0.3, -0.25) is 9.69 Å². The quantitative estimate of drug-likeness (QED) is 0.782. The minimum absolute atomic E-state index is 0.0905. The number of phenols is 2. The van der Waals surface area contributed by atoms with Gasteiger partial charge in [0.05, 0.1) is 6.54 Å². The van der Waals surface area contributed by atoms with Gasteiger partial charge in [-0.15, -0.1) is 0 Å². The summed E-state index contributed by atoms with van der Waals surface area (Å²) in [6, 6.07) is 4.89. The third-order valence-electron chi connectivity index (χ3n) is 3.62. The molecule has 1 aromatic rings. The Hall–Kier alpha value is -1.79. The van der Waals surface area contributed by atoms with E-state index in [2.05, 4.69) is 4.90 Å². The number of hydrogen-bond donors (Lipinski definition) is 2. The van der Waals surface area contributed by atoms with Crippen LogP contribution in [0.1, 0.15) is 5.56 Å². The number of nitrogens with zero attached hydrogens (tertiary/aromatic N) is 3. The third kappa shape index (κ3) is 4.34. The first kappa shape index (κ1) is 15.6. The van der Waals surface area contributed by atoms with Crippen molar-refractivity contribution in [3.63, 3.8) is 0 Å². The number of piperazine rings is 1. The highest BCUT2D eigenvalue weighted by atomic mass is 16.3. The SMILES string of the molecule is CN(C)CC(=O)N1CCN(Cc2ccc(O)c(O)c2)CC1. The van der Waals surface area contributed by atoms with Gasteiger partial charge in [0, 0.05) is 32.7 Å². The number of likely N-dealkylation sites (N-methyl/N-ethyl adjacent to an activating group) is 1. The van der Waals surface area contributed by atoms with Crippen LogP contribution in [0.4, 0.5) is 0 Å². The Labute approximate surface area is 125 Å². The van der Waals surface area contributed by atoms with E-state index in [1.54, 1.807) is 12.1 Å². The number of phenolic OH excluding ortho intramolecular Hbond substituents is 2. The van der Waals surface area contributed by atoms with Gasteiger partial charge in [0.1, 0.15) is 0 Å². The van der Waals surface area contributed by atoms with Crippen molar-refractivity contribution in [1.29, 1.82) is 0 Å². The van der Waals surface area contributed by atoms with Crippen LogP contribution < -0.4 is 0 Å². The number of aromatic hydroxyl groups is 2. The largest absolute Gasteiger partial charge is 0.504 e. The zero-order valence-electron chi connectivity index (χ0n) is 12.6. The molecule has 1 aromatic carbocycles. The van der Waals surface area contributed by atoms with Crippen molar-refractivity contribution in [1.82, 2.24) is 14.7 Å². The summed E-state index contributed by atoms with van der Waals surface area (Å²) in [5.74, 6) is -0.0212. The van der Waals surface area contributed by atoms with Gasteiger partial charge >= 0.3 is 0 Å². The average molecular weight is 293 g/mol. The van der Waals surface area contributed by atoms with E-state index >= 15 is 0 Å². The molecular formula is C15H23N3O3. The zero-order valence-corrected chi connectivity index (χ0v) is 12.6. The summed E-state index contributed by atoms with van der Waals surface area (Å²) in [7, 11) is 3.79. The van der Waals surface area contributed by atoms with Crippen LogP contribution in [0.15, 0.2) is 18.2 Å². The lowest BCUT2D eigenvalue weighted by Gasteiger charge is -2.35. The number of carbonyl (C=O) groups is 1. The topological polar surface area (TPSA) is 67.3 Å². The molecule has 0 saturated carbocycles. The van der Waals surface area contributed by atoms with Crippen LogP contribution in [0.5, 0.6) is 11.5 Å². The van der Waals surface area contributed by atoms with Crippen molar-refractivity contribution in [2.45, 2.75) is 6.54 Å². The fourth-order valence-corrected chi connectivity index (χ4v) is 2.45. The summed E-state index contributed by atoms with van der Waals surface area (Å²) in [6.07, 6.45) is 0. The van der Waals surface area contributed by atoms with Crippen molar-refractivity contribution in [3.05, 3.63) is 23.8 Å². The monoisotopic (exact) mass is 293 g/mol. The molecule has 0 radical (unpaired) electrons. The van der Waals surface area contributed by atoms with E-state index in [4.69, 9.17) is 0 Å². The van der Waals surface area contributed by atoms with Crippen LogP contribution >= 0.6 is 0 Å². The highest BCUT2D eigenvalue weighted by Gasteiger charge is 2.21. The molecule has 1 aliphatic rings. The van der Waals surface area contributed by atoms with E-state index in [-0.39, 0.29) is 17.4 Å². The second-order valence-corrected chi connectivity index (χ2v) is 5.72. The number of benzene rings is 1. The van der Waals surface area contributed by atoms with Crippen molar-refractivity contribution in [3.8, 4) is 11.5 Å². The van der Waals surface area contributed by atoms with E-state index < -0.39 is 0 Å². The molecule has 6 heteroatoms. The molecule has 0 aliphatic carbocycles. The molecule has 2 rings (SSSR count). The Morgan fingerprint density at radius 2 is 1.81 bits per heavy atom. The van der Waals surface area contributed by atoms with E-state index in [0.717, 1.165) is 31.7 Å². The maximum Gasteiger partial charge on any atom is 0.236 e. The molecular weight excluding hydrogens is 270 g/mol. The number of amides is 1. The molecule has 0 aromatic heterocycles. The number of hydrogen-bond acceptors (Lipinski definition) is 5. The van der Waals surface area contributed by atoms with E-state index in [0.29, 0.717) is 13.1 Å². The molecule has 1 fully saturated rings. The van der Waals surface area contributed by atoms with Gasteiger partial charge in [0.2, 0.25) is 5.91 Å². The molecule has 1 amide bonds. The lowest BCUT2D eigenvalue weighted by molar-refractivity contribution is -0.133. The summed E-state index contributed by atoms with van der Waals surface area (Å²) in [5.41, 5.74) is 0.957. The van der Waals surface area contributed by atoms with Gasteiger partial charge in [-0.1, -0.05) is 6.07 Å². The van der Waals surface area contributed by atoms with E-state index in [1.165, 1.54) is 6.07 Å². The van der Waals surface area contributed by atoms with Crippen LogP contribution in [0, 0.1) is 0 Å². The fraction of sp³-hybridized carbons (Fsp3) is 0.533. The van der Waals surface area contributed by atoms with Crippen molar-refractivity contribution < 1.29 is 15.0 Å². The summed E-state index contributed by atoms with van der Waals surface area (Å²) in [5, 5.41) is 18.8. The third-order valence-corrected chi connectivity index (χ3v) is 3.62. The zero-order chi connectivity index (χ0) is 15.4. The normalized spacial score (nSPS) is 16.4. The lowest BCUT2D eigenvalue weighted by Crippen LogP contribution is -2.50. The predicted octanol–water partition coefficient (Wildman–Crippen LogP) is 0.304. The van der Waals surface area contributed by atoms with Gasteiger partial charge in [0.15, 0.2) is 11.5 Å². The molecule has 2 N–H and O–H groups in total. The van der Waals surface area contributed by atoms with Crippen molar-refractivity contribution in [2.24, 2.45) is 0 Å². The van der Waals surface area contributed by atoms with Crippen LogP contribution in [0.25, 0.3) is 0 Å². The second kappa shape index (κ2) is 6.78. The molecule has 0 spiro atoms. The Balaban J connectivity index is 1.84. The van der Waals surface area contributed by atoms with Crippen molar-refractivity contribution in [2.75, 3.05) is 46.8 Å². The van der Waals surface area contributed by atoms with Crippen molar-refractivity contribution >= 4 is 5.91 Å². The first-order valence-corrected chi connectivity index (χ1v) is 7.11. The molecule has 1 aliphatic heterocycles. The minimum Gasteiger partial charge on any atom is -0.504 e. The first-order valence-electron chi connectivity index (χ1n) is 7.11. The molecule has 0 unspecified atom stereocenters. The van der Waals surface area contributed by atoms with E-state index in [9.17, 15) is 15.0 Å². The molecule has 6 nitrogen and oxygen atoms in total. The number of rotatable bonds is 4. The average Bonchev–Trinajstić information content (AvgIpc) is 2.43.